The Labute approximate surface area is 86.4 Å². The Bertz CT molecular complexity index is 334. The lowest BCUT2D eigenvalue weighted by molar-refractivity contribution is 0.911. The van der Waals surface area contributed by atoms with Gasteiger partial charge in [0.2, 0.25) is 0 Å². The molecule has 0 amide bonds. The van der Waals surface area contributed by atoms with Crippen LogP contribution in [0, 0.1) is 11.3 Å². The van der Waals surface area contributed by atoms with Gasteiger partial charge < -0.3 is 0 Å². The van der Waals surface area contributed by atoms with Gasteiger partial charge in [-0.2, -0.15) is 5.26 Å². The SMILES string of the molecule is CC.N#CCc1ccc2c(c1)CCC2. The molecule has 0 bridgehead atoms. The molecule has 0 aliphatic heterocycles. The van der Waals surface area contributed by atoms with Gasteiger partial charge >= 0.3 is 0 Å². The summed E-state index contributed by atoms with van der Waals surface area (Å²) < 4.78 is 0. The zero-order chi connectivity index (χ0) is 10.4. The summed E-state index contributed by atoms with van der Waals surface area (Å²) in [5.74, 6) is 0. The molecule has 0 radical (unpaired) electrons. The van der Waals surface area contributed by atoms with Crippen molar-refractivity contribution in [3.05, 3.63) is 34.9 Å². The average molecular weight is 187 g/mol. The number of rotatable bonds is 1. The summed E-state index contributed by atoms with van der Waals surface area (Å²) in [5.41, 5.74) is 4.11. The number of hydrogen-bond acceptors (Lipinski definition) is 1. The van der Waals surface area contributed by atoms with E-state index in [-0.39, 0.29) is 0 Å². The molecule has 1 aliphatic carbocycles. The molecule has 1 aromatic carbocycles. The Balaban J connectivity index is 0.000000461. The van der Waals surface area contributed by atoms with E-state index < -0.39 is 0 Å². The van der Waals surface area contributed by atoms with Gasteiger partial charge in [0.15, 0.2) is 0 Å². The highest BCUT2D eigenvalue weighted by Gasteiger charge is 2.09. The minimum Gasteiger partial charge on any atom is -0.198 e. The third-order valence-corrected chi connectivity index (χ3v) is 2.45. The largest absolute Gasteiger partial charge is 0.198 e. The smallest absolute Gasteiger partial charge is 0.0669 e. The molecule has 2 rings (SSSR count). The Kier molecular flexibility index (Phi) is 4.19. The summed E-state index contributed by atoms with van der Waals surface area (Å²) >= 11 is 0. The van der Waals surface area contributed by atoms with Crippen LogP contribution in [0.3, 0.4) is 0 Å². The van der Waals surface area contributed by atoms with Crippen molar-refractivity contribution in [1.29, 1.82) is 5.26 Å². The Morgan fingerprint density at radius 1 is 1.21 bits per heavy atom. The lowest BCUT2D eigenvalue weighted by Crippen LogP contribution is -1.86. The molecular formula is C13H17N. The van der Waals surface area contributed by atoms with Crippen molar-refractivity contribution in [3.8, 4) is 6.07 Å². The summed E-state index contributed by atoms with van der Waals surface area (Å²) in [4.78, 5) is 0. The topological polar surface area (TPSA) is 23.8 Å². The van der Waals surface area contributed by atoms with E-state index in [2.05, 4.69) is 24.3 Å². The molecule has 1 aliphatic rings. The predicted octanol–water partition coefficient (Wildman–Crippen LogP) is 3.27. The summed E-state index contributed by atoms with van der Waals surface area (Å²) in [6.45, 7) is 4.00. The average Bonchev–Trinajstić information content (AvgIpc) is 2.68. The second-order valence-corrected chi connectivity index (χ2v) is 3.29. The fourth-order valence-electron chi connectivity index (χ4n) is 1.83. The van der Waals surface area contributed by atoms with Gasteiger partial charge in [0.25, 0.3) is 0 Å². The lowest BCUT2D eigenvalue weighted by Gasteiger charge is -2.00. The van der Waals surface area contributed by atoms with Crippen LogP contribution in [0.1, 0.15) is 37.0 Å². The minimum absolute atomic E-state index is 0.549. The molecule has 0 spiro atoms. The van der Waals surface area contributed by atoms with Crippen molar-refractivity contribution < 1.29 is 0 Å². The highest BCUT2D eigenvalue weighted by atomic mass is 14.2. The molecule has 0 N–H and O–H groups in total. The van der Waals surface area contributed by atoms with Crippen molar-refractivity contribution >= 4 is 0 Å². The van der Waals surface area contributed by atoms with Crippen LogP contribution in [-0.2, 0) is 19.3 Å². The van der Waals surface area contributed by atoms with Crippen LogP contribution < -0.4 is 0 Å². The van der Waals surface area contributed by atoms with Gasteiger partial charge in [-0.3, -0.25) is 0 Å². The number of fused-ring (bicyclic) bond motifs is 1. The molecule has 0 saturated carbocycles. The maximum Gasteiger partial charge on any atom is 0.0669 e. The van der Waals surface area contributed by atoms with Gasteiger partial charge in [-0.25, -0.2) is 0 Å². The van der Waals surface area contributed by atoms with E-state index in [0.717, 1.165) is 5.56 Å². The van der Waals surface area contributed by atoms with E-state index >= 15 is 0 Å². The van der Waals surface area contributed by atoms with Crippen molar-refractivity contribution in [2.24, 2.45) is 0 Å². The third-order valence-electron chi connectivity index (χ3n) is 2.45. The molecule has 1 nitrogen and oxygen atoms in total. The molecule has 0 atom stereocenters. The predicted molar refractivity (Wildman–Crippen MR) is 59.1 cm³/mol. The maximum atomic E-state index is 8.52. The number of nitriles is 1. The summed E-state index contributed by atoms with van der Waals surface area (Å²) in [6, 6.07) is 8.61. The normalized spacial score (nSPS) is 12.4. The Morgan fingerprint density at radius 2 is 1.93 bits per heavy atom. The monoisotopic (exact) mass is 187 g/mol. The molecule has 1 heteroatoms. The molecule has 0 saturated heterocycles. The zero-order valence-electron chi connectivity index (χ0n) is 9.01. The van der Waals surface area contributed by atoms with Crippen molar-refractivity contribution in [3.63, 3.8) is 0 Å². The molecule has 1 aromatic rings. The highest BCUT2D eigenvalue weighted by molar-refractivity contribution is 5.36. The fraction of sp³-hybridized carbons (Fsp3) is 0.462. The molecule has 0 fully saturated rings. The lowest BCUT2D eigenvalue weighted by atomic mass is 10.1. The Morgan fingerprint density at radius 3 is 2.64 bits per heavy atom. The first kappa shape index (κ1) is 10.8. The molecule has 0 aromatic heterocycles. The third kappa shape index (κ3) is 2.35. The van der Waals surface area contributed by atoms with Gasteiger partial charge in [0, 0.05) is 0 Å². The quantitative estimate of drug-likeness (QED) is 0.662. The van der Waals surface area contributed by atoms with E-state index in [1.54, 1.807) is 0 Å². The minimum atomic E-state index is 0.549. The summed E-state index contributed by atoms with van der Waals surface area (Å²) in [6.07, 6.45) is 4.26. The van der Waals surface area contributed by atoms with Crippen molar-refractivity contribution in [2.45, 2.75) is 39.5 Å². The molecule has 0 unspecified atom stereocenters. The van der Waals surface area contributed by atoms with Crippen LogP contribution in [0.15, 0.2) is 18.2 Å². The second kappa shape index (κ2) is 5.44. The van der Waals surface area contributed by atoms with E-state index in [0.29, 0.717) is 6.42 Å². The molecule has 74 valence electrons. The number of aryl methyl sites for hydroxylation is 2. The van der Waals surface area contributed by atoms with Crippen molar-refractivity contribution in [1.82, 2.24) is 0 Å². The fourth-order valence-corrected chi connectivity index (χ4v) is 1.83. The number of benzene rings is 1. The van der Waals surface area contributed by atoms with Crippen LogP contribution in [0.2, 0.25) is 0 Å². The number of hydrogen-bond donors (Lipinski definition) is 0. The maximum absolute atomic E-state index is 8.52. The van der Waals surface area contributed by atoms with E-state index in [1.807, 2.05) is 13.8 Å². The van der Waals surface area contributed by atoms with Gasteiger partial charge in [-0.15, -0.1) is 0 Å². The number of nitrogens with zero attached hydrogens (tertiary/aromatic N) is 1. The second-order valence-electron chi connectivity index (χ2n) is 3.29. The first-order valence-corrected chi connectivity index (χ1v) is 5.38. The van der Waals surface area contributed by atoms with E-state index in [4.69, 9.17) is 5.26 Å². The first-order chi connectivity index (χ1) is 6.90. The van der Waals surface area contributed by atoms with Crippen LogP contribution >= 0.6 is 0 Å². The molecule has 0 heterocycles. The van der Waals surface area contributed by atoms with Gasteiger partial charge in [-0.05, 0) is 36.0 Å². The summed E-state index contributed by atoms with van der Waals surface area (Å²) in [7, 11) is 0. The van der Waals surface area contributed by atoms with Crippen LogP contribution in [0.25, 0.3) is 0 Å². The Hall–Kier alpha value is -1.29. The van der Waals surface area contributed by atoms with E-state index in [1.165, 1.54) is 30.4 Å². The summed E-state index contributed by atoms with van der Waals surface area (Å²) in [5, 5.41) is 8.52. The zero-order valence-corrected chi connectivity index (χ0v) is 9.01. The highest BCUT2D eigenvalue weighted by Crippen LogP contribution is 2.22. The van der Waals surface area contributed by atoms with Crippen LogP contribution in [0.5, 0.6) is 0 Å². The molecule has 14 heavy (non-hydrogen) atoms. The van der Waals surface area contributed by atoms with Crippen LogP contribution in [0.4, 0.5) is 0 Å². The van der Waals surface area contributed by atoms with Crippen molar-refractivity contribution in [2.75, 3.05) is 0 Å². The van der Waals surface area contributed by atoms with Gasteiger partial charge in [-0.1, -0.05) is 32.0 Å². The first-order valence-electron chi connectivity index (χ1n) is 5.38. The van der Waals surface area contributed by atoms with Gasteiger partial charge in [0.05, 0.1) is 12.5 Å². The molecular weight excluding hydrogens is 170 g/mol. The van der Waals surface area contributed by atoms with Gasteiger partial charge in [0.1, 0.15) is 0 Å². The standard InChI is InChI=1S/C11H11N.C2H6/c12-7-6-9-4-5-10-2-1-3-11(10)8-9;1-2/h4-5,8H,1-3,6H2;1-2H3. The van der Waals surface area contributed by atoms with E-state index in [9.17, 15) is 0 Å². The van der Waals surface area contributed by atoms with Crippen LogP contribution in [-0.4, -0.2) is 0 Å².